The molecule has 1 heterocycles. The summed E-state index contributed by atoms with van der Waals surface area (Å²) in [6.07, 6.45) is 0.998. The van der Waals surface area contributed by atoms with Crippen molar-refractivity contribution in [2.75, 3.05) is 0 Å². The van der Waals surface area contributed by atoms with E-state index in [9.17, 15) is 15.0 Å². The third kappa shape index (κ3) is 3.34. The van der Waals surface area contributed by atoms with Crippen molar-refractivity contribution < 1.29 is 19.5 Å². The number of aromatic hydroxyl groups is 2. The lowest BCUT2D eigenvalue weighted by atomic mass is 9.92. The predicted octanol–water partition coefficient (Wildman–Crippen LogP) is 6.21. The number of rotatable bonds is 5. The molecule has 0 fully saturated rings. The molecule has 2 N–H and O–H groups in total. The van der Waals surface area contributed by atoms with E-state index in [0.717, 1.165) is 22.4 Å². The van der Waals surface area contributed by atoms with Gasteiger partial charge in [0, 0.05) is 12.5 Å². The second-order valence-electron chi connectivity index (χ2n) is 6.76. The molecule has 0 bridgehead atoms. The van der Waals surface area contributed by atoms with Gasteiger partial charge >= 0.3 is 0 Å². The Morgan fingerprint density at radius 3 is 2.59 bits per heavy atom. The van der Waals surface area contributed by atoms with Crippen molar-refractivity contribution in [1.29, 1.82) is 0 Å². The maximum Gasteiger partial charge on any atom is 0.185 e. The van der Waals surface area contributed by atoms with Crippen LogP contribution in [0.15, 0.2) is 59.1 Å². The molecule has 0 aliphatic heterocycles. The summed E-state index contributed by atoms with van der Waals surface area (Å²) in [7, 11) is 0. The Bertz CT molecular complexity index is 1220. The number of carbonyl (C=O) groups is 1. The molecule has 4 rings (SSSR count). The second kappa shape index (κ2) is 7.60. The molecular formula is C23H18ClNO4. The van der Waals surface area contributed by atoms with Crippen LogP contribution in [0.2, 0.25) is 5.02 Å². The van der Waals surface area contributed by atoms with Gasteiger partial charge in [-0.3, -0.25) is 4.79 Å². The number of benzene rings is 3. The van der Waals surface area contributed by atoms with Gasteiger partial charge in [0.2, 0.25) is 0 Å². The van der Waals surface area contributed by atoms with E-state index >= 15 is 0 Å². The van der Waals surface area contributed by atoms with Crippen LogP contribution in [0.1, 0.15) is 30.3 Å². The van der Waals surface area contributed by atoms with Crippen LogP contribution < -0.4 is 0 Å². The first-order valence-electron chi connectivity index (χ1n) is 9.24. The van der Waals surface area contributed by atoms with Gasteiger partial charge in [-0.15, -0.1) is 0 Å². The predicted molar refractivity (Wildman–Crippen MR) is 112 cm³/mol. The van der Waals surface area contributed by atoms with Crippen LogP contribution in [0.3, 0.4) is 0 Å². The third-order valence-electron chi connectivity index (χ3n) is 4.80. The molecule has 3 aromatic carbocycles. The van der Waals surface area contributed by atoms with E-state index in [1.54, 1.807) is 0 Å². The Labute approximate surface area is 172 Å². The number of phenols is 2. The molecule has 1 aromatic heterocycles. The molecule has 0 radical (unpaired) electrons. The van der Waals surface area contributed by atoms with Gasteiger partial charge in [0.1, 0.15) is 11.5 Å². The lowest BCUT2D eigenvalue weighted by Gasteiger charge is -2.10. The van der Waals surface area contributed by atoms with Gasteiger partial charge in [-0.05, 0) is 28.8 Å². The normalized spacial score (nSPS) is 11.1. The van der Waals surface area contributed by atoms with E-state index in [2.05, 4.69) is 5.16 Å². The van der Waals surface area contributed by atoms with Crippen LogP contribution >= 0.6 is 11.6 Å². The molecule has 0 spiro atoms. The molecule has 0 amide bonds. The Morgan fingerprint density at radius 1 is 1.03 bits per heavy atom. The lowest BCUT2D eigenvalue weighted by Crippen LogP contribution is -2.01. The van der Waals surface area contributed by atoms with Crippen molar-refractivity contribution >= 4 is 28.2 Å². The van der Waals surface area contributed by atoms with Gasteiger partial charge in [0.15, 0.2) is 17.2 Å². The van der Waals surface area contributed by atoms with E-state index in [0.29, 0.717) is 18.4 Å². The average molecular weight is 408 g/mol. The number of Topliss-reactive ketones (excluding diaryl/α,β-unsaturated/α-hetero) is 1. The van der Waals surface area contributed by atoms with Gasteiger partial charge in [-0.25, -0.2) is 0 Å². The van der Waals surface area contributed by atoms with E-state index in [1.807, 2.05) is 49.4 Å². The van der Waals surface area contributed by atoms with Crippen molar-refractivity contribution in [2.24, 2.45) is 0 Å². The highest BCUT2D eigenvalue weighted by Gasteiger charge is 2.27. The summed E-state index contributed by atoms with van der Waals surface area (Å²) >= 11 is 6.06. The summed E-state index contributed by atoms with van der Waals surface area (Å²) in [4.78, 5) is 12.8. The van der Waals surface area contributed by atoms with E-state index in [-0.39, 0.29) is 39.3 Å². The zero-order chi connectivity index (χ0) is 20.5. The summed E-state index contributed by atoms with van der Waals surface area (Å²) in [5.41, 5.74) is 1.72. The molecule has 0 aliphatic rings. The molecule has 0 aliphatic carbocycles. The average Bonchev–Trinajstić information content (AvgIpc) is 3.15. The number of fused-ring (bicyclic) bond motifs is 1. The maximum absolute atomic E-state index is 12.8. The van der Waals surface area contributed by atoms with Crippen molar-refractivity contribution in [1.82, 2.24) is 5.16 Å². The van der Waals surface area contributed by atoms with Crippen LogP contribution in [0.25, 0.3) is 33.2 Å². The number of halogens is 1. The molecular weight excluding hydrogens is 390 g/mol. The minimum atomic E-state index is -0.249. The number of hydrogen-bond acceptors (Lipinski definition) is 5. The SMILES string of the molecule is CCCC(=O)c1noc(-c2cc(Cl)c(O)cc2O)c1-c1cccc2ccccc12. The molecule has 0 saturated heterocycles. The Kier molecular flexibility index (Phi) is 4.99. The summed E-state index contributed by atoms with van der Waals surface area (Å²) < 4.78 is 5.56. The van der Waals surface area contributed by atoms with Gasteiger partial charge in [-0.2, -0.15) is 0 Å². The van der Waals surface area contributed by atoms with Crippen LogP contribution in [0.5, 0.6) is 11.5 Å². The first kappa shape index (κ1) is 19.0. The zero-order valence-corrected chi connectivity index (χ0v) is 16.4. The Morgan fingerprint density at radius 2 is 1.79 bits per heavy atom. The summed E-state index contributed by atoms with van der Waals surface area (Å²) in [5, 5.41) is 26.2. The minimum absolute atomic E-state index is 0.0551. The van der Waals surface area contributed by atoms with Crippen LogP contribution in [-0.2, 0) is 0 Å². The number of hydrogen-bond donors (Lipinski definition) is 2. The topological polar surface area (TPSA) is 83.6 Å². The van der Waals surface area contributed by atoms with Gasteiger partial charge in [0.05, 0.1) is 16.1 Å². The van der Waals surface area contributed by atoms with Gasteiger partial charge < -0.3 is 14.7 Å². The number of nitrogens with zero attached hydrogens (tertiary/aromatic N) is 1. The summed E-state index contributed by atoms with van der Waals surface area (Å²) in [6, 6.07) is 16.1. The quantitative estimate of drug-likeness (QED) is 0.384. The minimum Gasteiger partial charge on any atom is -0.507 e. The van der Waals surface area contributed by atoms with Crippen molar-refractivity contribution in [3.63, 3.8) is 0 Å². The molecule has 146 valence electrons. The lowest BCUT2D eigenvalue weighted by molar-refractivity contribution is 0.0973. The Balaban J connectivity index is 2.05. The van der Waals surface area contributed by atoms with E-state index < -0.39 is 0 Å². The fourth-order valence-electron chi connectivity index (χ4n) is 3.44. The van der Waals surface area contributed by atoms with Crippen LogP contribution in [0, 0.1) is 0 Å². The van der Waals surface area contributed by atoms with Crippen molar-refractivity contribution in [3.8, 4) is 33.9 Å². The largest absolute Gasteiger partial charge is 0.507 e. The van der Waals surface area contributed by atoms with E-state index in [4.69, 9.17) is 16.1 Å². The summed E-state index contributed by atoms with van der Waals surface area (Å²) in [5.74, 6) is -0.393. The molecule has 0 unspecified atom stereocenters. The second-order valence-corrected chi connectivity index (χ2v) is 7.16. The van der Waals surface area contributed by atoms with E-state index in [1.165, 1.54) is 6.07 Å². The van der Waals surface area contributed by atoms with Crippen LogP contribution in [-0.4, -0.2) is 21.2 Å². The monoisotopic (exact) mass is 407 g/mol. The molecule has 29 heavy (non-hydrogen) atoms. The molecule has 0 saturated carbocycles. The number of phenolic OH excluding ortho intramolecular Hbond substituents is 2. The van der Waals surface area contributed by atoms with Crippen molar-refractivity contribution in [3.05, 3.63) is 65.3 Å². The standard InChI is InChI=1S/C23H18ClNO4/c1-2-6-18(26)22-21(15-10-5-8-13-7-3-4-9-14(13)15)23(29-25-22)16-11-17(24)20(28)12-19(16)27/h3-5,7-12,27-28H,2,6H2,1H3. The number of aromatic nitrogens is 1. The van der Waals surface area contributed by atoms with Gasteiger partial charge in [0.25, 0.3) is 0 Å². The number of carbonyl (C=O) groups excluding carboxylic acids is 1. The highest BCUT2D eigenvalue weighted by molar-refractivity contribution is 6.32. The molecule has 4 aromatic rings. The highest BCUT2D eigenvalue weighted by atomic mass is 35.5. The van der Waals surface area contributed by atoms with Gasteiger partial charge in [-0.1, -0.05) is 66.1 Å². The zero-order valence-electron chi connectivity index (χ0n) is 15.6. The Hall–Kier alpha value is -3.31. The first-order chi connectivity index (χ1) is 14.0. The molecule has 5 nitrogen and oxygen atoms in total. The first-order valence-corrected chi connectivity index (χ1v) is 9.62. The fourth-order valence-corrected chi connectivity index (χ4v) is 3.60. The maximum atomic E-state index is 12.8. The summed E-state index contributed by atoms with van der Waals surface area (Å²) in [6.45, 7) is 1.92. The third-order valence-corrected chi connectivity index (χ3v) is 5.10. The highest BCUT2D eigenvalue weighted by Crippen LogP contribution is 2.44. The van der Waals surface area contributed by atoms with Crippen LogP contribution in [0.4, 0.5) is 0 Å². The smallest absolute Gasteiger partial charge is 0.185 e. The van der Waals surface area contributed by atoms with Crippen molar-refractivity contribution in [2.45, 2.75) is 19.8 Å². The fraction of sp³-hybridized carbons (Fsp3) is 0.130. The molecule has 6 heteroatoms. The molecule has 0 atom stereocenters. The number of ketones is 1.